The Kier molecular flexibility index (Phi) is 4.07. The van der Waals surface area contributed by atoms with Gasteiger partial charge in [-0.2, -0.15) is 0 Å². The lowest BCUT2D eigenvalue weighted by Gasteiger charge is -2.22. The molecule has 3 N–H and O–H groups in total. The van der Waals surface area contributed by atoms with Gasteiger partial charge in [-0.1, -0.05) is 29.8 Å². The summed E-state index contributed by atoms with van der Waals surface area (Å²) in [5.74, 6) is 0. The van der Waals surface area contributed by atoms with Crippen LogP contribution < -0.4 is 11.2 Å². The summed E-state index contributed by atoms with van der Waals surface area (Å²) < 4.78 is 0. The van der Waals surface area contributed by atoms with Gasteiger partial charge in [0.2, 0.25) is 0 Å². The molecule has 0 saturated heterocycles. The second-order valence-corrected chi connectivity index (χ2v) is 3.72. The minimum Gasteiger partial charge on any atom is -0.329 e. The van der Waals surface area contributed by atoms with Gasteiger partial charge in [-0.05, 0) is 12.5 Å². The molecule has 1 unspecified atom stereocenters. The number of nitrogens with one attached hydrogen (secondary N) is 1. The van der Waals surface area contributed by atoms with Crippen LogP contribution in [0.3, 0.4) is 0 Å². The summed E-state index contributed by atoms with van der Waals surface area (Å²) in [6, 6.07) is 8.64. The minimum atomic E-state index is 0.200. The predicted octanol–water partition coefficient (Wildman–Crippen LogP) is 1.06. The molecule has 0 aliphatic carbocycles. The molecule has 0 bridgehead atoms. The van der Waals surface area contributed by atoms with Crippen molar-refractivity contribution in [2.75, 3.05) is 20.6 Å². The van der Waals surface area contributed by atoms with Crippen molar-refractivity contribution in [3.63, 3.8) is 0 Å². The Morgan fingerprint density at radius 2 is 1.86 bits per heavy atom. The smallest absolute Gasteiger partial charge is 0.0586 e. The van der Waals surface area contributed by atoms with Crippen molar-refractivity contribution in [1.82, 2.24) is 10.4 Å². The molecule has 0 aliphatic heterocycles. The van der Waals surface area contributed by atoms with Gasteiger partial charge in [0.1, 0.15) is 0 Å². The Hall–Kier alpha value is -0.900. The number of nitrogens with zero attached hydrogens (tertiary/aromatic N) is 1. The fourth-order valence-corrected chi connectivity index (χ4v) is 1.37. The Bertz CT molecular complexity index is 266. The molecule has 0 amide bonds. The van der Waals surface area contributed by atoms with E-state index >= 15 is 0 Å². The molecular weight excluding hydrogens is 174 g/mol. The third kappa shape index (κ3) is 3.10. The van der Waals surface area contributed by atoms with Crippen LogP contribution in [0.25, 0.3) is 0 Å². The van der Waals surface area contributed by atoms with Crippen molar-refractivity contribution in [3.05, 3.63) is 35.4 Å². The van der Waals surface area contributed by atoms with Crippen LogP contribution in [0.15, 0.2) is 24.3 Å². The van der Waals surface area contributed by atoms with E-state index in [1.807, 2.05) is 19.1 Å². The molecule has 78 valence electrons. The van der Waals surface area contributed by atoms with Crippen molar-refractivity contribution in [2.45, 2.75) is 13.0 Å². The maximum absolute atomic E-state index is 5.70. The molecule has 0 aromatic heterocycles. The van der Waals surface area contributed by atoms with Gasteiger partial charge in [0.15, 0.2) is 0 Å². The van der Waals surface area contributed by atoms with Crippen molar-refractivity contribution < 1.29 is 0 Å². The largest absolute Gasteiger partial charge is 0.329 e. The summed E-state index contributed by atoms with van der Waals surface area (Å²) >= 11 is 0. The van der Waals surface area contributed by atoms with Crippen LogP contribution in [0.5, 0.6) is 0 Å². The van der Waals surface area contributed by atoms with E-state index in [1.165, 1.54) is 11.1 Å². The average molecular weight is 193 g/mol. The van der Waals surface area contributed by atoms with Gasteiger partial charge in [-0.3, -0.25) is 0 Å². The zero-order chi connectivity index (χ0) is 10.6. The summed E-state index contributed by atoms with van der Waals surface area (Å²) in [7, 11) is 3.94. The highest BCUT2D eigenvalue weighted by Crippen LogP contribution is 2.12. The molecule has 1 aromatic carbocycles. The van der Waals surface area contributed by atoms with Crippen LogP contribution in [0, 0.1) is 6.92 Å². The Morgan fingerprint density at radius 1 is 1.29 bits per heavy atom. The third-order valence-corrected chi connectivity index (χ3v) is 2.13. The van der Waals surface area contributed by atoms with E-state index in [0.717, 1.165) is 0 Å². The zero-order valence-corrected chi connectivity index (χ0v) is 9.12. The van der Waals surface area contributed by atoms with Gasteiger partial charge < -0.3 is 5.73 Å². The van der Waals surface area contributed by atoms with Crippen molar-refractivity contribution in [2.24, 2.45) is 5.73 Å². The topological polar surface area (TPSA) is 41.3 Å². The molecule has 0 heterocycles. The highest BCUT2D eigenvalue weighted by atomic mass is 15.5. The van der Waals surface area contributed by atoms with Gasteiger partial charge >= 0.3 is 0 Å². The molecule has 0 radical (unpaired) electrons. The fourth-order valence-electron chi connectivity index (χ4n) is 1.37. The monoisotopic (exact) mass is 193 g/mol. The lowest BCUT2D eigenvalue weighted by molar-refractivity contribution is 0.245. The summed E-state index contributed by atoms with van der Waals surface area (Å²) in [4.78, 5) is 0. The van der Waals surface area contributed by atoms with Crippen molar-refractivity contribution in [3.8, 4) is 0 Å². The van der Waals surface area contributed by atoms with Gasteiger partial charge in [0, 0.05) is 20.6 Å². The lowest BCUT2D eigenvalue weighted by atomic mass is 10.1. The molecular formula is C11H19N3. The quantitative estimate of drug-likeness (QED) is 0.703. The summed E-state index contributed by atoms with van der Waals surface area (Å²) in [6.45, 7) is 2.68. The van der Waals surface area contributed by atoms with Crippen LogP contribution in [-0.4, -0.2) is 25.6 Å². The minimum absolute atomic E-state index is 0.200. The molecule has 0 spiro atoms. The van der Waals surface area contributed by atoms with Crippen LogP contribution >= 0.6 is 0 Å². The maximum Gasteiger partial charge on any atom is 0.0586 e. The number of nitrogens with two attached hydrogens (primary N) is 1. The first-order valence-electron chi connectivity index (χ1n) is 4.83. The number of hydrogen-bond donors (Lipinski definition) is 2. The standard InChI is InChI=1S/C11H19N3/c1-9-4-6-10(7-5-9)11(8-12)13-14(2)3/h4-7,11,13H,8,12H2,1-3H3. The predicted molar refractivity (Wildman–Crippen MR) is 59.8 cm³/mol. The van der Waals surface area contributed by atoms with Gasteiger partial charge in [-0.15, -0.1) is 0 Å². The van der Waals surface area contributed by atoms with E-state index in [1.54, 1.807) is 0 Å². The highest BCUT2D eigenvalue weighted by Gasteiger charge is 2.08. The van der Waals surface area contributed by atoms with Gasteiger partial charge in [0.25, 0.3) is 0 Å². The van der Waals surface area contributed by atoms with Crippen LogP contribution in [0.1, 0.15) is 17.2 Å². The van der Waals surface area contributed by atoms with Crippen molar-refractivity contribution in [1.29, 1.82) is 0 Å². The molecule has 1 atom stereocenters. The SMILES string of the molecule is Cc1ccc(C(CN)NN(C)C)cc1. The molecule has 1 aromatic rings. The van der Waals surface area contributed by atoms with E-state index in [4.69, 9.17) is 5.73 Å². The molecule has 1 rings (SSSR count). The Labute approximate surface area is 85.9 Å². The molecule has 3 nitrogen and oxygen atoms in total. The lowest BCUT2D eigenvalue weighted by Crippen LogP contribution is -2.37. The Morgan fingerprint density at radius 3 is 2.29 bits per heavy atom. The Balaban J connectivity index is 2.73. The van der Waals surface area contributed by atoms with Crippen molar-refractivity contribution >= 4 is 0 Å². The van der Waals surface area contributed by atoms with E-state index in [0.29, 0.717) is 6.54 Å². The van der Waals surface area contributed by atoms with E-state index in [9.17, 15) is 0 Å². The number of rotatable bonds is 4. The van der Waals surface area contributed by atoms with E-state index in [-0.39, 0.29) is 6.04 Å². The van der Waals surface area contributed by atoms with E-state index < -0.39 is 0 Å². The first kappa shape index (κ1) is 11.2. The second-order valence-electron chi connectivity index (χ2n) is 3.72. The van der Waals surface area contributed by atoms with Crippen LogP contribution in [0.4, 0.5) is 0 Å². The summed E-state index contributed by atoms with van der Waals surface area (Å²) in [6.07, 6.45) is 0. The van der Waals surface area contributed by atoms with E-state index in [2.05, 4.69) is 36.6 Å². The molecule has 3 heteroatoms. The van der Waals surface area contributed by atoms with Crippen LogP contribution in [0.2, 0.25) is 0 Å². The second kappa shape index (κ2) is 5.10. The fraction of sp³-hybridized carbons (Fsp3) is 0.455. The number of hydrazine groups is 1. The molecule has 0 fully saturated rings. The normalized spacial score (nSPS) is 13.2. The number of aryl methyl sites for hydroxylation is 1. The summed E-state index contributed by atoms with van der Waals surface area (Å²) in [5, 5.41) is 1.93. The van der Waals surface area contributed by atoms with Gasteiger partial charge in [-0.25, -0.2) is 10.4 Å². The first-order chi connectivity index (χ1) is 6.63. The number of benzene rings is 1. The zero-order valence-electron chi connectivity index (χ0n) is 9.12. The number of hydrogen-bond acceptors (Lipinski definition) is 3. The molecule has 0 saturated carbocycles. The third-order valence-electron chi connectivity index (χ3n) is 2.13. The van der Waals surface area contributed by atoms with Crippen LogP contribution in [-0.2, 0) is 0 Å². The maximum atomic E-state index is 5.70. The average Bonchev–Trinajstić information content (AvgIpc) is 2.15. The van der Waals surface area contributed by atoms with Gasteiger partial charge in [0.05, 0.1) is 6.04 Å². The molecule has 0 aliphatic rings. The molecule has 14 heavy (non-hydrogen) atoms. The highest BCUT2D eigenvalue weighted by molar-refractivity contribution is 5.24. The first-order valence-corrected chi connectivity index (χ1v) is 4.83. The summed E-state index contributed by atoms with van der Waals surface area (Å²) in [5.41, 5.74) is 11.5.